The molecule has 0 bridgehead atoms. The summed E-state index contributed by atoms with van der Waals surface area (Å²) in [5, 5.41) is 7.44. The second-order valence-corrected chi connectivity index (χ2v) is 5.67. The van der Waals surface area contributed by atoms with E-state index in [2.05, 4.69) is 10.3 Å². The van der Waals surface area contributed by atoms with E-state index in [1.54, 1.807) is 31.2 Å². The van der Waals surface area contributed by atoms with Gasteiger partial charge in [-0.3, -0.25) is 0 Å². The molecule has 9 heteroatoms. The van der Waals surface area contributed by atoms with Gasteiger partial charge in [-0.05, 0) is 19.1 Å². The number of benzene rings is 2. The Morgan fingerprint density at radius 3 is 2.45 bits per heavy atom. The van der Waals surface area contributed by atoms with Gasteiger partial charge in [0.05, 0.1) is 12.7 Å². The first-order chi connectivity index (χ1) is 13.8. The summed E-state index contributed by atoms with van der Waals surface area (Å²) in [5.74, 6) is -0.777. The average Bonchev–Trinajstić information content (AvgIpc) is 2.72. The summed E-state index contributed by atoms with van der Waals surface area (Å²) in [6, 6.07) is 11.1. The molecular weight excluding hydrogens is 389 g/mol. The zero-order chi connectivity index (χ0) is 21.4. The van der Waals surface area contributed by atoms with Gasteiger partial charge in [0, 0.05) is 22.9 Å². The minimum absolute atomic E-state index is 0.161. The first-order valence-electron chi connectivity index (χ1n) is 8.43. The summed E-state index contributed by atoms with van der Waals surface area (Å²) < 4.78 is 44.3. The molecular formula is C20H19F3N2O4. The van der Waals surface area contributed by atoms with E-state index in [0.29, 0.717) is 5.56 Å². The minimum atomic E-state index is -4.53. The van der Waals surface area contributed by atoms with Gasteiger partial charge in [0.2, 0.25) is 0 Å². The maximum absolute atomic E-state index is 13.2. The van der Waals surface area contributed by atoms with Gasteiger partial charge in [-0.1, -0.05) is 46.7 Å². The van der Waals surface area contributed by atoms with Gasteiger partial charge in [-0.15, -0.1) is 0 Å². The molecule has 0 N–H and O–H groups in total. The van der Waals surface area contributed by atoms with Crippen LogP contribution in [0.2, 0.25) is 0 Å². The molecule has 154 valence electrons. The lowest BCUT2D eigenvalue weighted by atomic mass is 9.93. The first-order valence-corrected chi connectivity index (χ1v) is 8.43. The van der Waals surface area contributed by atoms with Crippen LogP contribution in [-0.4, -0.2) is 32.1 Å². The average molecular weight is 408 g/mol. The summed E-state index contributed by atoms with van der Waals surface area (Å²) in [6.07, 6.45) is -4.22. The van der Waals surface area contributed by atoms with E-state index in [1.807, 2.05) is 0 Å². The van der Waals surface area contributed by atoms with Crippen LogP contribution < -0.4 is 0 Å². The van der Waals surface area contributed by atoms with Gasteiger partial charge in [-0.25, -0.2) is 4.79 Å². The van der Waals surface area contributed by atoms with Crippen LogP contribution >= 0.6 is 0 Å². The normalized spacial score (nSPS) is 13.2. The Morgan fingerprint density at radius 1 is 1.10 bits per heavy atom. The molecule has 0 aliphatic rings. The highest BCUT2D eigenvalue weighted by Crippen LogP contribution is 2.34. The van der Waals surface area contributed by atoms with Crippen molar-refractivity contribution >= 4 is 17.9 Å². The topological polar surface area (TPSA) is 69.5 Å². The van der Waals surface area contributed by atoms with Crippen LogP contribution in [0.5, 0.6) is 0 Å². The van der Waals surface area contributed by atoms with Gasteiger partial charge in [-0.2, -0.15) is 13.2 Å². The molecule has 0 spiro atoms. The number of hydrogen-bond donors (Lipinski definition) is 0. The summed E-state index contributed by atoms with van der Waals surface area (Å²) in [5.41, 5.74) is -0.167. The summed E-state index contributed by atoms with van der Waals surface area (Å²) in [7, 11) is 2.44. The van der Waals surface area contributed by atoms with E-state index in [0.717, 1.165) is 12.1 Å². The van der Waals surface area contributed by atoms with Crippen molar-refractivity contribution in [2.24, 2.45) is 10.3 Å². The maximum atomic E-state index is 13.2. The van der Waals surface area contributed by atoms with Crippen LogP contribution in [0.4, 0.5) is 13.2 Å². The molecule has 0 aromatic heterocycles. The molecule has 0 radical (unpaired) electrons. The first kappa shape index (κ1) is 21.9. The minimum Gasteiger partial charge on any atom is -0.464 e. The molecule has 1 unspecified atom stereocenters. The fourth-order valence-corrected chi connectivity index (χ4v) is 2.62. The molecule has 2 aromatic carbocycles. The third-order valence-corrected chi connectivity index (χ3v) is 3.85. The number of nitrogens with zero attached hydrogens (tertiary/aromatic N) is 2. The lowest BCUT2D eigenvalue weighted by Crippen LogP contribution is -2.21. The zero-order valence-corrected chi connectivity index (χ0v) is 15.9. The predicted molar refractivity (Wildman–Crippen MR) is 101 cm³/mol. The SMILES string of the molecule is C/C=N/OC(c1cccc(C(F)(F)F)c1)c1ccccc1C(=NOC)C(=O)OC. The lowest BCUT2D eigenvalue weighted by Gasteiger charge is -2.20. The van der Waals surface area contributed by atoms with Crippen molar-refractivity contribution in [3.05, 3.63) is 70.8 Å². The third kappa shape index (κ3) is 5.34. The number of ether oxygens (including phenoxy) is 1. The van der Waals surface area contributed by atoms with E-state index in [4.69, 9.17) is 14.4 Å². The molecule has 0 amide bonds. The van der Waals surface area contributed by atoms with E-state index >= 15 is 0 Å². The highest BCUT2D eigenvalue weighted by molar-refractivity contribution is 6.43. The third-order valence-electron chi connectivity index (χ3n) is 3.85. The standard InChI is InChI=1S/C20H19F3N2O4/c1-4-24-29-18(13-8-7-9-14(12-13)20(21,22)23)16-11-6-5-10-15(16)17(25-28-3)19(26)27-2/h4-12,18H,1-3H3/b24-4+,25-17?. The summed E-state index contributed by atoms with van der Waals surface area (Å²) in [4.78, 5) is 22.4. The van der Waals surface area contributed by atoms with Crippen molar-refractivity contribution in [2.45, 2.75) is 19.2 Å². The molecule has 0 aliphatic heterocycles. The monoisotopic (exact) mass is 408 g/mol. The zero-order valence-electron chi connectivity index (χ0n) is 15.9. The van der Waals surface area contributed by atoms with Gasteiger partial charge in [0.15, 0.2) is 11.8 Å². The van der Waals surface area contributed by atoms with Crippen LogP contribution in [0, 0.1) is 0 Å². The maximum Gasteiger partial charge on any atom is 0.416 e. The van der Waals surface area contributed by atoms with Crippen molar-refractivity contribution in [1.82, 2.24) is 0 Å². The molecule has 0 fully saturated rings. The Labute approximate surface area is 165 Å². The van der Waals surface area contributed by atoms with E-state index in [9.17, 15) is 18.0 Å². The second-order valence-electron chi connectivity index (χ2n) is 5.67. The van der Waals surface area contributed by atoms with Gasteiger partial charge in [0.1, 0.15) is 7.11 Å². The molecule has 2 rings (SSSR count). The van der Waals surface area contributed by atoms with Crippen LogP contribution in [-0.2, 0) is 25.4 Å². The van der Waals surface area contributed by atoms with Crippen LogP contribution in [0.25, 0.3) is 0 Å². The molecule has 0 saturated heterocycles. The van der Waals surface area contributed by atoms with Crippen molar-refractivity contribution in [3.8, 4) is 0 Å². The Balaban J connectivity index is 2.66. The molecule has 2 aromatic rings. The number of carbonyl (C=O) groups is 1. The molecule has 0 heterocycles. The number of methoxy groups -OCH3 is 1. The van der Waals surface area contributed by atoms with Gasteiger partial charge in [0.25, 0.3) is 0 Å². The highest BCUT2D eigenvalue weighted by Gasteiger charge is 2.32. The Morgan fingerprint density at radius 2 is 1.83 bits per heavy atom. The van der Waals surface area contributed by atoms with Gasteiger partial charge >= 0.3 is 12.1 Å². The Hall–Kier alpha value is -3.36. The van der Waals surface area contributed by atoms with Gasteiger partial charge < -0.3 is 14.4 Å². The summed E-state index contributed by atoms with van der Waals surface area (Å²) in [6.45, 7) is 1.60. The number of alkyl halides is 3. The number of rotatable bonds is 7. The molecule has 6 nitrogen and oxygen atoms in total. The molecule has 29 heavy (non-hydrogen) atoms. The van der Waals surface area contributed by atoms with E-state index in [-0.39, 0.29) is 16.8 Å². The number of carbonyl (C=O) groups excluding carboxylic acids is 1. The van der Waals surface area contributed by atoms with Crippen LogP contribution in [0.15, 0.2) is 58.8 Å². The predicted octanol–water partition coefficient (Wildman–Crippen LogP) is 4.34. The van der Waals surface area contributed by atoms with Crippen molar-refractivity contribution in [3.63, 3.8) is 0 Å². The fourth-order valence-electron chi connectivity index (χ4n) is 2.62. The highest BCUT2D eigenvalue weighted by atomic mass is 19.4. The molecule has 0 aliphatic carbocycles. The van der Waals surface area contributed by atoms with E-state index in [1.165, 1.54) is 32.6 Å². The number of oxime groups is 2. The molecule has 0 saturated carbocycles. The fraction of sp³-hybridized carbons (Fsp3) is 0.250. The van der Waals surface area contributed by atoms with E-state index < -0.39 is 23.8 Å². The number of halogens is 3. The number of esters is 1. The Bertz CT molecular complexity index is 911. The second kappa shape index (κ2) is 9.72. The molecule has 1 atom stereocenters. The van der Waals surface area contributed by atoms with Crippen molar-refractivity contribution in [1.29, 1.82) is 0 Å². The summed E-state index contributed by atoms with van der Waals surface area (Å²) >= 11 is 0. The lowest BCUT2D eigenvalue weighted by molar-refractivity contribution is -0.137. The van der Waals surface area contributed by atoms with Crippen molar-refractivity contribution in [2.75, 3.05) is 14.2 Å². The quantitative estimate of drug-likeness (QED) is 0.388. The largest absolute Gasteiger partial charge is 0.464 e. The Kier molecular flexibility index (Phi) is 7.35. The van der Waals surface area contributed by atoms with Crippen LogP contribution in [0.3, 0.4) is 0 Å². The smallest absolute Gasteiger partial charge is 0.416 e. The van der Waals surface area contributed by atoms with Crippen molar-refractivity contribution < 1.29 is 32.4 Å². The number of hydrogen-bond acceptors (Lipinski definition) is 6. The van der Waals surface area contributed by atoms with Crippen LogP contribution in [0.1, 0.15) is 35.3 Å².